The minimum atomic E-state index is -3.50. The number of fused-ring (bicyclic) bond motifs is 1. The lowest BCUT2D eigenvalue weighted by atomic mass is 10.1. The number of hydrogen-bond donors (Lipinski definition) is 1. The van der Waals surface area contributed by atoms with Crippen molar-refractivity contribution in [1.29, 1.82) is 0 Å². The van der Waals surface area contributed by atoms with Gasteiger partial charge >= 0.3 is 0 Å². The second kappa shape index (κ2) is 9.99. The van der Waals surface area contributed by atoms with E-state index in [-0.39, 0.29) is 39.7 Å². The number of benzene rings is 2. The topological polar surface area (TPSA) is 103 Å². The predicted octanol–water partition coefficient (Wildman–Crippen LogP) is 6.18. The Morgan fingerprint density at radius 3 is 2.58 bits per heavy atom. The summed E-state index contributed by atoms with van der Waals surface area (Å²) in [6, 6.07) is 9.30. The number of ether oxygens (including phenoxy) is 1. The van der Waals surface area contributed by atoms with E-state index in [0.717, 1.165) is 12.8 Å². The van der Waals surface area contributed by atoms with E-state index in [1.807, 2.05) is 27.7 Å². The molecule has 210 valence electrons. The van der Waals surface area contributed by atoms with Crippen molar-refractivity contribution in [3.63, 3.8) is 0 Å². The number of halogens is 1. The van der Waals surface area contributed by atoms with Gasteiger partial charge in [-0.25, -0.2) is 12.8 Å². The Kier molecular flexibility index (Phi) is 6.94. The highest BCUT2D eigenvalue weighted by Gasteiger charge is 2.41. The molecular weight excluding hydrogens is 531 g/mol. The van der Waals surface area contributed by atoms with Gasteiger partial charge in [0.2, 0.25) is 5.91 Å². The Labute approximate surface area is 233 Å². The highest BCUT2D eigenvalue weighted by atomic mass is 32.2. The van der Waals surface area contributed by atoms with E-state index in [2.05, 4.69) is 15.4 Å². The summed E-state index contributed by atoms with van der Waals surface area (Å²) in [5.41, 5.74) is 1.70. The highest BCUT2D eigenvalue weighted by Crippen LogP contribution is 2.47. The zero-order valence-corrected chi connectivity index (χ0v) is 24.1. The molecule has 1 fully saturated rings. The Balaban J connectivity index is 1.35. The second-order valence-corrected chi connectivity index (χ2v) is 13.9. The molecule has 1 aliphatic rings. The number of hydrogen-bond acceptors (Lipinski definition) is 6. The van der Waals surface area contributed by atoms with Crippen LogP contribution in [-0.2, 0) is 26.6 Å². The van der Waals surface area contributed by atoms with Gasteiger partial charge in [0.1, 0.15) is 5.75 Å². The van der Waals surface area contributed by atoms with Crippen molar-refractivity contribution in [2.24, 2.45) is 5.41 Å². The number of anilines is 1. The normalized spacial score (nSPS) is 14.8. The van der Waals surface area contributed by atoms with E-state index in [1.165, 1.54) is 12.3 Å². The largest absolute Gasteiger partial charge is 0.453 e. The summed E-state index contributed by atoms with van der Waals surface area (Å²) in [6.07, 6.45) is 6.63. The number of pyridine rings is 1. The van der Waals surface area contributed by atoms with Gasteiger partial charge < -0.3 is 10.1 Å². The van der Waals surface area contributed by atoms with Gasteiger partial charge in [-0.1, -0.05) is 13.0 Å². The van der Waals surface area contributed by atoms with Gasteiger partial charge in [0.25, 0.3) is 0 Å². The Morgan fingerprint density at radius 2 is 1.93 bits per heavy atom. The van der Waals surface area contributed by atoms with Crippen LogP contribution in [0.3, 0.4) is 0 Å². The first-order valence-corrected chi connectivity index (χ1v) is 14.8. The Morgan fingerprint density at radius 1 is 1.18 bits per heavy atom. The molecule has 1 saturated carbocycles. The van der Waals surface area contributed by atoms with Gasteiger partial charge in [-0.2, -0.15) is 5.10 Å². The molecule has 5 rings (SSSR count). The number of aromatic nitrogens is 3. The molecule has 1 amide bonds. The fraction of sp³-hybridized carbons (Fsp3) is 0.367. The monoisotopic (exact) mass is 564 g/mol. The van der Waals surface area contributed by atoms with Gasteiger partial charge in [0, 0.05) is 17.8 Å². The van der Waals surface area contributed by atoms with Crippen molar-refractivity contribution in [1.82, 2.24) is 14.8 Å². The molecule has 0 bridgehead atoms. The lowest BCUT2D eigenvalue weighted by Gasteiger charge is -2.18. The zero-order valence-electron chi connectivity index (χ0n) is 23.3. The van der Waals surface area contributed by atoms with Crippen molar-refractivity contribution in [2.75, 3.05) is 11.1 Å². The maximum atomic E-state index is 15.3. The maximum Gasteiger partial charge on any atom is 0.228 e. The molecule has 10 heteroatoms. The average molecular weight is 565 g/mol. The fourth-order valence-electron chi connectivity index (χ4n) is 4.57. The van der Waals surface area contributed by atoms with Crippen LogP contribution < -0.4 is 10.1 Å². The van der Waals surface area contributed by atoms with E-state index in [1.54, 1.807) is 54.3 Å². The summed E-state index contributed by atoms with van der Waals surface area (Å²) in [7, 11) is -3.50. The Bertz CT molecular complexity index is 1700. The minimum Gasteiger partial charge on any atom is -0.453 e. The van der Waals surface area contributed by atoms with Crippen LogP contribution in [0.2, 0.25) is 0 Å². The lowest BCUT2D eigenvalue weighted by Crippen LogP contribution is -2.22. The molecular formula is C30H33FN4O4S. The standard InChI is InChI=1S/C30H33FN4O4S/c1-19-12-20(14-27(36)34-21-16-33-35(17-21)29(2,3)4)13-24(31)28(19)39-26-8-11-32-25-7-6-22(15-23(25)26)40(37,38)18-30(5)9-10-30/h6-8,11-13,15-17H,9-10,14,18H2,1-5H3,(H,34,36). The van der Waals surface area contributed by atoms with Gasteiger partial charge in [0.15, 0.2) is 21.4 Å². The summed E-state index contributed by atoms with van der Waals surface area (Å²) in [4.78, 5) is 17.1. The number of carbonyl (C=O) groups excluding carboxylic acids is 1. The van der Waals surface area contributed by atoms with Crippen LogP contribution in [0.25, 0.3) is 10.9 Å². The molecule has 40 heavy (non-hydrogen) atoms. The van der Waals surface area contributed by atoms with E-state index in [0.29, 0.717) is 33.5 Å². The molecule has 0 radical (unpaired) electrons. The van der Waals surface area contributed by atoms with E-state index < -0.39 is 15.7 Å². The van der Waals surface area contributed by atoms with Crippen LogP contribution in [0.4, 0.5) is 10.1 Å². The smallest absolute Gasteiger partial charge is 0.228 e. The van der Waals surface area contributed by atoms with Crippen LogP contribution in [0.15, 0.2) is 59.9 Å². The number of carbonyl (C=O) groups is 1. The van der Waals surface area contributed by atoms with Crippen LogP contribution in [0.1, 0.15) is 51.7 Å². The average Bonchev–Trinajstić information content (AvgIpc) is 3.37. The molecule has 0 spiro atoms. The fourth-order valence-corrected chi connectivity index (χ4v) is 6.52. The van der Waals surface area contributed by atoms with E-state index in [9.17, 15) is 13.2 Å². The second-order valence-electron chi connectivity index (χ2n) is 12.0. The molecule has 0 aliphatic heterocycles. The van der Waals surface area contributed by atoms with Crippen molar-refractivity contribution in [2.45, 2.75) is 64.3 Å². The van der Waals surface area contributed by atoms with E-state index in [4.69, 9.17) is 4.74 Å². The van der Waals surface area contributed by atoms with E-state index >= 15 is 4.39 Å². The first kappa shape index (κ1) is 27.8. The number of nitrogens with one attached hydrogen (secondary N) is 1. The highest BCUT2D eigenvalue weighted by molar-refractivity contribution is 7.91. The van der Waals surface area contributed by atoms with Gasteiger partial charge in [0.05, 0.1) is 40.0 Å². The third kappa shape index (κ3) is 6.01. The third-order valence-corrected chi connectivity index (χ3v) is 9.14. The summed E-state index contributed by atoms with van der Waals surface area (Å²) in [5, 5.41) is 7.55. The van der Waals surface area contributed by atoms with Gasteiger partial charge in [-0.3, -0.25) is 14.5 Å². The molecule has 0 unspecified atom stereocenters. The van der Waals surface area contributed by atoms with Crippen molar-refractivity contribution in [3.05, 3.63) is 71.9 Å². The molecule has 1 aliphatic carbocycles. The first-order valence-electron chi connectivity index (χ1n) is 13.2. The summed E-state index contributed by atoms with van der Waals surface area (Å²) in [5.74, 6) is -0.539. The number of rotatable bonds is 8. The van der Waals surface area contributed by atoms with Crippen LogP contribution in [0.5, 0.6) is 11.5 Å². The van der Waals surface area contributed by atoms with Crippen LogP contribution in [0, 0.1) is 18.2 Å². The van der Waals surface area contributed by atoms with Crippen molar-refractivity contribution in [3.8, 4) is 11.5 Å². The van der Waals surface area contributed by atoms with Crippen molar-refractivity contribution < 1.29 is 22.3 Å². The molecule has 1 N–H and O–H groups in total. The molecule has 8 nitrogen and oxygen atoms in total. The molecule has 0 saturated heterocycles. The van der Waals surface area contributed by atoms with Gasteiger partial charge in [-0.05, 0) is 87.4 Å². The number of aryl methyl sites for hydroxylation is 1. The molecule has 4 aromatic rings. The SMILES string of the molecule is Cc1cc(CC(=O)Nc2cnn(C(C)(C)C)c2)cc(F)c1Oc1ccnc2ccc(S(=O)(=O)CC3(C)CC3)cc12. The predicted molar refractivity (Wildman–Crippen MR) is 152 cm³/mol. The third-order valence-electron chi connectivity index (χ3n) is 7.09. The maximum absolute atomic E-state index is 15.3. The molecule has 2 heterocycles. The van der Waals surface area contributed by atoms with Crippen LogP contribution in [-0.4, -0.2) is 34.8 Å². The molecule has 2 aromatic carbocycles. The number of sulfone groups is 1. The minimum absolute atomic E-state index is 0.00173. The summed E-state index contributed by atoms with van der Waals surface area (Å²) < 4.78 is 49.1. The van der Waals surface area contributed by atoms with Crippen LogP contribution >= 0.6 is 0 Å². The van der Waals surface area contributed by atoms with Crippen molar-refractivity contribution >= 4 is 32.3 Å². The molecule has 0 atom stereocenters. The van der Waals surface area contributed by atoms with Gasteiger partial charge in [-0.15, -0.1) is 0 Å². The lowest BCUT2D eigenvalue weighted by molar-refractivity contribution is -0.115. The first-order chi connectivity index (χ1) is 18.7. The number of nitrogens with zero attached hydrogens (tertiary/aromatic N) is 3. The molecule has 2 aromatic heterocycles. The quantitative estimate of drug-likeness (QED) is 0.274. The summed E-state index contributed by atoms with van der Waals surface area (Å²) in [6.45, 7) is 9.69. The summed E-state index contributed by atoms with van der Waals surface area (Å²) >= 11 is 0. The zero-order chi connectivity index (χ0) is 28.9. The number of amides is 1. The Hall–Kier alpha value is -3.79.